The number of thiocarbonyl (C=S) groups is 1. The van der Waals surface area contributed by atoms with Gasteiger partial charge in [0.25, 0.3) is 5.91 Å². The van der Waals surface area contributed by atoms with Crippen LogP contribution in [0, 0.1) is 0 Å². The van der Waals surface area contributed by atoms with Crippen LogP contribution in [0.4, 0.5) is 0 Å². The highest BCUT2D eigenvalue weighted by Crippen LogP contribution is 2.31. The standard InChI is InChI=1S/C21H25N3O2S2/c1-22-13-15-23(16-14-22)19(25)11-6-12-24-20(26)18(28-21(24)27)10-5-9-17-7-3-2-4-8-17/h2-5,7-10H,6,11-16H2,1H3/b9-5+,18-10-. The molecule has 0 unspecified atom stereocenters. The van der Waals surface area contributed by atoms with Crippen molar-refractivity contribution in [3.63, 3.8) is 0 Å². The van der Waals surface area contributed by atoms with E-state index in [9.17, 15) is 9.59 Å². The van der Waals surface area contributed by atoms with Crippen molar-refractivity contribution < 1.29 is 9.59 Å². The molecule has 28 heavy (non-hydrogen) atoms. The molecule has 2 aliphatic rings. The van der Waals surface area contributed by atoms with Crippen LogP contribution in [0.5, 0.6) is 0 Å². The third kappa shape index (κ3) is 5.53. The van der Waals surface area contributed by atoms with Crippen molar-refractivity contribution in [1.29, 1.82) is 0 Å². The molecule has 1 aromatic rings. The number of piperazine rings is 1. The summed E-state index contributed by atoms with van der Waals surface area (Å²) < 4.78 is 0.566. The number of thioether (sulfide) groups is 1. The Morgan fingerprint density at radius 2 is 1.89 bits per heavy atom. The zero-order chi connectivity index (χ0) is 19.9. The first kappa shape index (κ1) is 20.8. The van der Waals surface area contributed by atoms with E-state index in [2.05, 4.69) is 11.9 Å². The normalized spacial score (nSPS) is 20.0. The quantitative estimate of drug-likeness (QED) is 0.528. The summed E-state index contributed by atoms with van der Waals surface area (Å²) in [5.41, 5.74) is 1.08. The summed E-state index contributed by atoms with van der Waals surface area (Å²) >= 11 is 6.68. The van der Waals surface area contributed by atoms with Gasteiger partial charge >= 0.3 is 0 Å². The molecule has 0 atom stereocenters. The number of allylic oxidation sites excluding steroid dienone is 2. The van der Waals surface area contributed by atoms with Gasteiger partial charge in [-0.2, -0.15) is 0 Å². The topological polar surface area (TPSA) is 43.9 Å². The summed E-state index contributed by atoms with van der Waals surface area (Å²) in [6, 6.07) is 9.93. The van der Waals surface area contributed by atoms with Crippen LogP contribution < -0.4 is 0 Å². The second kappa shape index (κ2) is 10.0. The number of carbonyl (C=O) groups is 2. The van der Waals surface area contributed by atoms with Crippen LogP contribution in [-0.2, 0) is 9.59 Å². The summed E-state index contributed by atoms with van der Waals surface area (Å²) in [6.07, 6.45) is 6.72. The first-order chi connectivity index (χ1) is 13.5. The van der Waals surface area contributed by atoms with Crippen LogP contribution in [0.3, 0.4) is 0 Å². The molecular formula is C21H25N3O2S2. The highest BCUT2D eigenvalue weighted by molar-refractivity contribution is 8.26. The molecule has 1 aromatic carbocycles. The van der Waals surface area contributed by atoms with Gasteiger partial charge in [0.05, 0.1) is 4.91 Å². The van der Waals surface area contributed by atoms with Crippen LogP contribution >= 0.6 is 24.0 Å². The second-order valence-electron chi connectivity index (χ2n) is 6.91. The minimum Gasteiger partial charge on any atom is -0.340 e. The molecule has 0 bridgehead atoms. The molecule has 2 saturated heterocycles. The summed E-state index contributed by atoms with van der Waals surface area (Å²) in [5, 5.41) is 0. The predicted octanol–water partition coefficient (Wildman–Crippen LogP) is 3.00. The molecule has 7 heteroatoms. The molecule has 2 heterocycles. The molecule has 0 saturated carbocycles. The molecule has 0 aromatic heterocycles. The van der Waals surface area contributed by atoms with Gasteiger partial charge in [0.2, 0.25) is 5.91 Å². The Kier molecular flexibility index (Phi) is 7.42. The van der Waals surface area contributed by atoms with Crippen LogP contribution in [-0.4, -0.2) is 70.6 Å². The van der Waals surface area contributed by atoms with E-state index in [0.717, 1.165) is 31.7 Å². The van der Waals surface area contributed by atoms with Crippen molar-refractivity contribution in [3.8, 4) is 0 Å². The molecule has 2 fully saturated rings. The van der Waals surface area contributed by atoms with E-state index < -0.39 is 0 Å². The molecule has 0 N–H and O–H groups in total. The smallest absolute Gasteiger partial charge is 0.266 e. The fourth-order valence-corrected chi connectivity index (χ4v) is 4.38. The Labute approximate surface area is 176 Å². The summed E-state index contributed by atoms with van der Waals surface area (Å²) in [7, 11) is 2.07. The number of likely N-dealkylation sites (N-methyl/N-ethyl adjacent to an activating group) is 1. The maximum atomic E-state index is 12.6. The van der Waals surface area contributed by atoms with Crippen LogP contribution in [0.2, 0.25) is 0 Å². The minimum atomic E-state index is -0.0697. The average molecular weight is 416 g/mol. The SMILES string of the molecule is CN1CCN(C(=O)CCCN2C(=O)/C(=C/C=C/c3ccccc3)SC2=S)CC1. The number of benzene rings is 1. The summed E-state index contributed by atoms with van der Waals surface area (Å²) in [6.45, 7) is 3.90. The van der Waals surface area contributed by atoms with Gasteiger partial charge in [-0.25, -0.2) is 0 Å². The van der Waals surface area contributed by atoms with Gasteiger partial charge in [-0.05, 0) is 25.1 Å². The van der Waals surface area contributed by atoms with E-state index in [0.29, 0.717) is 28.6 Å². The zero-order valence-corrected chi connectivity index (χ0v) is 17.7. The number of rotatable bonds is 6. The predicted molar refractivity (Wildman–Crippen MR) is 119 cm³/mol. The van der Waals surface area contributed by atoms with Gasteiger partial charge in [-0.1, -0.05) is 66.5 Å². The third-order valence-corrected chi connectivity index (χ3v) is 6.23. The number of nitrogens with zero attached hydrogens (tertiary/aromatic N) is 3. The van der Waals surface area contributed by atoms with E-state index in [4.69, 9.17) is 12.2 Å². The zero-order valence-electron chi connectivity index (χ0n) is 16.0. The molecule has 2 amide bonds. The molecule has 3 rings (SSSR count). The van der Waals surface area contributed by atoms with Crippen molar-refractivity contribution in [2.24, 2.45) is 0 Å². The Morgan fingerprint density at radius 3 is 2.61 bits per heavy atom. The maximum absolute atomic E-state index is 12.6. The van der Waals surface area contributed by atoms with Gasteiger partial charge in [-0.3, -0.25) is 14.5 Å². The Hall–Kier alpha value is -1.96. The summed E-state index contributed by atoms with van der Waals surface area (Å²) in [5.74, 6) is 0.0969. The van der Waals surface area contributed by atoms with Crippen molar-refractivity contribution in [2.45, 2.75) is 12.8 Å². The number of hydrogen-bond acceptors (Lipinski definition) is 5. The van der Waals surface area contributed by atoms with Gasteiger partial charge < -0.3 is 9.80 Å². The van der Waals surface area contributed by atoms with Crippen LogP contribution in [0.1, 0.15) is 18.4 Å². The fraction of sp³-hybridized carbons (Fsp3) is 0.381. The van der Waals surface area contributed by atoms with E-state index in [1.165, 1.54) is 11.8 Å². The molecule has 0 aliphatic carbocycles. The number of carbonyl (C=O) groups excluding carboxylic acids is 2. The van der Waals surface area contributed by atoms with Crippen LogP contribution in [0.25, 0.3) is 6.08 Å². The Morgan fingerprint density at radius 1 is 1.18 bits per heavy atom. The van der Waals surface area contributed by atoms with E-state index in [1.807, 2.05) is 53.5 Å². The second-order valence-corrected chi connectivity index (χ2v) is 8.59. The van der Waals surface area contributed by atoms with Crippen LogP contribution in [0.15, 0.2) is 47.4 Å². The Bertz CT molecular complexity index is 784. The van der Waals surface area contributed by atoms with E-state index in [1.54, 1.807) is 4.90 Å². The highest BCUT2D eigenvalue weighted by Gasteiger charge is 2.31. The van der Waals surface area contributed by atoms with Crippen molar-refractivity contribution in [2.75, 3.05) is 39.8 Å². The number of amides is 2. The highest BCUT2D eigenvalue weighted by atomic mass is 32.2. The van der Waals surface area contributed by atoms with Gasteiger partial charge in [0.1, 0.15) is 4.32 Å². The first-order valence-electron chi connectivity index (χ1n) is 9.48. The molecular weight excluding hydrogens is 390 g/mol. The molecule has 0 spiro atoms. The van der Waals surface area contributed by atoms with Gasteiger partial charge in [0, 0.05) is 39.1 Å². The molecule has 0 radical (unpaired) electrons. The van der Waals surface area contributed by atoms with Gasteiger partial charge in [-0.15, -0.1) is 0 Å². The molecule has 148 valence electrons. The number of hydrogen-bond donors (Lipinski definition) is 0. The monoisotopic (exact) mass is 415 g/mol. The average Bonchev–Trinajstić information content (AvgIpc) is 2.97. The molecule has 5 nitrogen and oxygen atoms in total. The lowest BCUT2D eigenvalue weighted by molar-refractivity contribution is -0.133. The van der Waals surface area contributed by atoms with Gasteiger partial charge in [0.15, 0.2) is 0 Å². The lowest BCUT2D eigenvalue weighted by Crippen LogP contribution is -2.47. The van der Waals surface area contributed by atoms with Crippen molar-refractivity contribution in [1.82, 2.24) is 14.7 Å². The van der Waals surface area contributed by atoms with E-state index >= 15 is 0 Å². The van der Waals surface area contributed by atoms with E-state index in [-0.39, 0.29) is 11.8 Å². The Balaban J connectivity index is 1.48. The minimum absolute atomic E-state index is 0.0697. The largest absolute Gasteiger partial charge is 0.340 e. The van der Waals surface area contributed by atoms with Crippen molar-refractivity contribution >= 4 is 46.2 Å². The maximum Gasteiger partial charge on any atom is 0.266 e. The fourth-order valence-electron chi connectivity index (χ4n) is 3.12. The molecule has 2 aliphatic heterocycles. The first-order valence-corrected chi connectivity index (χ1v) is 10.7. The summed E-state index contributed by atoms with van der Waals surface area (Å²) in [4.78, 5) is 31.3. The van der Waals surface area contributed by atoms with Crippen molar-refractivity contribution in [3.05, 3.63) is 53.0 Å². The lowest BCUT2D eigenvalue weighted by atomic mass is 10.2. The lowest BCUT2D eigenvalue weighted by Gasteiger charge is -2.32. The third-order valence-electron chi connectivity index (χ3n) is 4.84.